The molecule has 0 aromatic carbocycles. The molecule has 0 saturated heterocycles. The standard InChI is InChI=1S/C17H28N4/c1-13(2)7-18-8-16-9-19-17(20-10-16)21(11-14-3-4-14)12-15-5-6-15/h9-10,13-15,18H,3-8,11-12H2,1-2H3. The van der Waals surface area contributed by atoms with Gasteiger partial charge in [0.2, 0.25) is 5.95 Å². The molecular weight excluding hydrogens is 260 g/mol. The predicted octanol–water partition coefficient (Wildman–Crippen LogP) is 2.85. The van der Waals surface area contributed by atoms with Gasteiger partial charge in [0.1, 0.15) is 0 Å². The van der Waals surface area contributed by atoms with Gasteiger partial charge in [-0.2, -0.15) is 0 Å². The topological polar surface area (TPSA) is 41.1 Å². The van der Waals surface area contributed by atoms with Crippen LogP contribution in [0.5, 0.6) is 0 Å². The summed E-state index contributed by atoms with van der Waals surface area (Å²) in [4.78, 5) is 11.6. The van der Waals surface area contributed by atoms with Crippen LogP contribution in [0.25, 0.3) is 0 Å². The SMILES string of the molecule is CC(C)CNCc1cnc(N(CC2CC2)CC2CC2)nc1. The minimum Gasteiger partial charge on any atom is -0.340 e. The van der Waals surface area contributed by atoms with Gasteiger partial charge in [0.05, 0.1) is 0 Å². The largest absolute Gasteiger partial charge is 0.340 e. The summed E-state index contributed by atoms with van der Waals surface area (Å²) in [6.07, 6.45) is 9.53. The highest BCUT2D eigenvalue weighted by atomic mass is 15.3. The third-order valence-corrected chi connectivity index (χ3v) is 4.21. The average Bonchev–Trinajstić information content (AvgIpc) is 3.34. The summed E-state index contributed by atoms with van der Waals surface area (Å²) in [5.74, 6) is 3.39. The van der Waals surface area contributed by atoms with Crippen LogP contribution in [0.3, 0.4) is 0 Å². The van der Waals surface area contributed by atoms with Crippen LogP contribution in [-0.4, -0.2) is 29.6 Å². The molecule has 1 heterocycles. The maximum atomic E-state index is 4.61. The number of hydrogen-bond acceptors (Lipinski definition) is 4. The van der Waals surface area contributed by atoms with E-state index in [1.54, 1.807) is 0 Å². The quantitative estimate of drug-likeness (QED) is 0.758. The maximum Gasteiger partial charge on any atom is 0.225 e. The fourth-order valence-electron chi connectivity index (χ4n) is 2.57. The summed E-state index contributed by atoms with van der Waals surface area (Å²) < 4.78 is 0. The molecule has 2 fully saturated rings. The Morgan fingerprint density at radius 2 is 1.67 bits per heavy atom. The van der Waals surface area contributed by atoms with Gasteiger partial charge in [-0.05, 0) is 50.0 Å². The lowest BCUT2D eigenvalue weighted by molar-refractivity contribution is 0.551. The van der Waals surface area contributed by atoms with Crippen molar-refractivity contribution >= 4 is 5.95 Å². The molecular formula is C17H28N4. The summed E-state index contributed by atoms with van der Waals surface area (Å²) in [6, 6.07) is 0. The molecule has 2 aliphatic carbocycles. The van der Waals surface area contributed by atoms with Crippen LogP contribution >= 0.6 is 0 Å². The number of nitrogens with zero attached hydrogens (tertiary/aromatic N) is 3. The molecule has 1 aromatic heterocycles. The molecule has 21 heavy (non-hydrogen) atoms. The van der Waals surface area contributed by atoms with Crippen molar-refractivity contribution in [2.75, 3.05) is 24.5 Å². The van der Waals surface area contributed by atoms with Crippen molar-refractivity contribution in [1.29, 1.82) is 0 Å². The Morgan fingerprint density at radius 1 is 1.10 bits per heavy atom. The Kier molecular flexibility index (Phi) is 4.73. The Morgan fingerprint density at radius 3 is 2.14 bits per heavy atom. The van der Waals surface area contributed by atoms with E-state index in [2.05, 4.69) is 34.0 Å². The monoisotopic (exact) mass is 288 g/mol. The third-order valence-electron chi connectivity index (χ3n) is 4.21. The van der Waals surface area contributed by atoms with Gasteiger partial charge >= 0.3 is 0 Å². The van der Waals surface area contributed by atoms with E-state index in [-0.39, 0.29) is 0 Å². The summed E-state index contributed by atoms with van der Waals surface area (Å²) >= 11 is 0. The summed E-state index contributed by atoms with van der Waals surface area (Å²) in [7, 11) is 0. The molecule has 0 unspecified atom stereocenters. The third kappa shape index (κ3) is 4.95. The maximum absolute atomic E-state index is 4.61. The molecule has 1 N–H and O–H groups in total. The van der Waals surface area contributed by atoms with E-state index >= 15 is 0 Å². The van der Waals surface area contributed by atoms with Gasteiger partial charge in [-0.3, -0.25) is 0 Å². The van der Waals surface area contributed by atoms with Gasteiger partial charge in [0.25, 0.3) is 0 Å². The lowest BCUT2D eigenvalue weighted by Crippen LogP contribution is -2.30. The zero-order chi connectivity index (χ0) is 14.7. The first kappa shape index (κ1) is 14.8. The Labute approximate surface area is 128 Å². The zero-order valence-electron chi connectivity index (χ0n) is 13.4. The molecule has 0 amide bonds. The van der Waals surface area contributed by atoms with Crippen molar-refractivity contribution in [3.05, 3.63) is 18.0 Å². The van der Waals surface area contributed by atoms with Gasteiger partial charge < -0.3 is 10.2 Å². The van der Waals surface area contributed by atoms with Crippen LogP contribution in [-0.2, 0) is 6.54 Å². The second kappa shape index (κ2) is 6.73. The average molecular weight is 288 g/mol. The van der Waals surface area contributed by atoms with Crippen LogP contribution in [0.4, 0.5) is 5.95 Å². The molecule has 3 rings (SSSR count). The van der Waals surface area contributed by atoms with Crippen LogP contribution in [0.1, 0.15) is 45.1 Å². The molecule has 2 aliphatic rings. The molecule has 0 bridgehead atoms. The van der Waals surface area contributed by atoms with Gasteiger partial charge in [0, 0.05) is 37.6 Å². The normalized spacial score (nSPS) is 18.2. The van der Waals surface area contributed by atoms with Gasteiger partial charge in [-0.1, -0.05) is 13.8 Å². The minimum atomic E-state index is 0.678. The van der Waals surface area contributed by atoms with E-state index in [4.69, 9.17) is 0 Å². The lowest BCUT2D eigenvalue weighted by Gasteiger charge is -2.22. The van der Waals surface area contributed by atoms with Crippen molar-refractivity contribution in [2.24, 2.45) is 17.8 Å². The van der Waals surface area contributed by atoms with Crippen LogP contribution in [0.15, 0.2) is 12.4 Å². The number of rotatable bonds is 9. The van der Waals surface area contributed by atoms with E-state index in [1.807, 2.05) is 12.4 Å². The van der Waals surface area contributed by atoms with Crippen molar-refractivity contribution in [3.8, 4) is 0 Å². The molecule has 2 saturated carbocycles. The summed E-state index contributed by atoms with van der Waals surface area (Å²) in [5.41, 5.74) is 1.18. The Bertz CT molecular complexity index is 421. The Balaban J connectivity index is 1.54. The lowest BCUT2D eigenvalue weighted by atomic mass is 10.2. The highest BCUT2D eigenvalue weighted by molar-refractivity contribution is 5.31. The smallest absolute Gasteiger partial charge is 0.225 e. The molecule has 4 nitrogen and oxygen atoms in total. The first-order valence-corrected chi connectivity index (χ1v) is 8.47. The summed E-state index contributed by atoms with van der Waals surface area (Å²) in [6.45, 7) is 8.66. The molecule has 4 heteroatoms. The van der Waals surface area contributed by atoms with Crippen molar-refractivity contribution in [2.45, 2.75) is 46.1 Å². The highest BCUT2D eigenvalue weighted by Crippen LogP contribution is 2.34. The van der Waals surface area contributed by atoms with E-state index in [0.29, 0.717) is 5.92 Å². The van der Waals surface area contributed by atoms with Crippen LogP contribution < -0.4 is 10.2 Å². The minimum absolute atomic E-state index is 0.678. The summed E-state index contributed by atoms with van der Waals surface area (Å²) in [5, 5.41) is 3.44. The second-order valence-corrected chi connectivity index (χ2v) is 7.21. The number of anilines is 1. The van der Waals surface area contributed by atoms with E-state index < -0.39 is 0 Å². The van der Waals surface area contributed by atoms with Gasteiger partial charge in [0.15, 0.2) is 0 Å². The molecule has 0 radical (unpaired) electrons. The van der Waals surface area contributed by atoms with Crippen molar-refractivity contribution in [1.82, 2.24) is 15.3 Å². The predicted molar refractivity (Wildman–Crippen MR) is 86.2 cm³/mol. The van der Waals surface area contributed by atoms with Crippen LogP contribution in [0, 0.1) is 17.8 Å². The van der Waals surface area contributed by atoms with Crippen LogP contribution in [0.2, 0.25) is 0 Å². The molecule has 1 aromatic rings. The van der Waals surface area contributed by atoms with Gasteiger partial charge in [-0.15, -0.1) is 0 Å². The first-order chi connectivity index (χ1) is 10.2. The van der Waals surface area contributed by atoms with E-state index in [1.165, 1.54) is 31.2 Å². The molecule has 0 aliphatic heterocycles. The number of nitrogens with one attached hydrogen (secondary N) is 1. The van der Waals surface area contributed by atoms with E-state index in [0.717, 1.165) is 44.0 Å². The van der Waals surface area contributed by atoms with Crippen molar-refractivity contribution in [3.63, 3.8) is 0 Å². The molecule has 0 spiro atoms. The first-order valence-electron chi connectivity index (χ1n) is 8.47. The zero-order valence-corrected chi connectivity index (χ0v) is 13.4. The molecule has 116 valence electrons. The molecule has 0 atom stereocenters. The fourth-order valence-corrected chi connectivity index (χ4v) is 2.57. The highest BCUT2D eigenvalue weighted by Gasteiger charge is 2.30. The Hall–Kier alpha value is -1.16. The van der Waals surface area contributed by atoms with Crippen molar-refractivity contribution < 1.29 is 0 Å². The fraction of sp³-hybridized carbons (Fsp3) is 0.765. The second-order valence-electron chi connectivity index (χ2n) is 7.21. The van der Waals surface area contributed by atoms with Gasteiger partial charge in [-0.25, -0.2) is 9.97 Å². The number of hydrogen-bond donors (Lipinski definition) is 1. The number of aromatic nitrogens is 2. The van der Waals surface area contributed by atoms with E-state index in [9.17, 15) is 0 Å².